The Morgan fingerprint density at radius 2 is 2.05 bits per heavy atom. The van der Waals surface area contributed by atoms with Crippen LogP contribution < -0.4 is 14.4 Å². The molecule has 7 nitrogen and oxygen atoms in total. The summed E-state index contributed by atoms with van der Waals surface area (Å²) >= 11 is 6.42. The van der Waals surface area contributed by atoms with Crippen molar-refractivity contribution in [2.24, 2.45) is 23.7 Å². The Morgan fingerprint density at radius 1 is 1.21 bits per heavy atom. The number of anilines is 1. The maximum Gasteiger partial charge on any atom is 0.264 e. The third-order valence-electron chi connectivity index (χ3n) is 10.9. The van der Waals surface area contributed by atoms with Gasteiger partial charge < -0.3 is 14.4 Å². The molecule has 1 amide bonds. The topological polar surface area (TPSA) is 84.9 Å². The standard InChI is InChI=1S/C34H41ClN2O5S.H2/c1-3-21-18-43(39,40)36-33(38)23-7-11-31-30(16-23)37(17-24-6-9-28(24)32(41-2)26-13-25(21)14-26)19-34(20-42-31)12-4-5-22-15-27(35)8-10-29(22)34;/h7-8,10-11,13,15-16,21,24-25,28,32H,3-6,9,12,14,17-20H2,1-2H3,(H,36,38);1H/t21-,24+,25?,28-,32+,34+;/m1./s1. The van der Waals surface area contributed by atoms with Gasteiger partial charge >= 0.3 is 0 Å². The van der Waals surface area contributed by atoms with E-state index >= 15 is 0 Å². The first kappa shape index (κ1) is 29.2. The number of carbonyl (C=O) groups is 1. The normalized spacial score (nSPS) is 33.0. The van der Waals surface area contributed by atoms with E-state index in [0.29, 0.717) is 24.0 Å². The second-order valence-electron chi connectivity index (χ2n) is 13.4. The van der Waals surface area contributed by atoms with Gasteiger partial charge in [-0.25, -0.2) is 13.1 Å². The number of benzene rings is 2. The van der Waals surface area contributed by atoms with Crippen molar-refractivity contribution in [3.63, 3.8) is 0 Å². The zero-order chi connectivity index (χ0) is 29.9. The van der Waals surface area contributed by atoms with Crippen LogP contribution in [0.25, 0.3) is 0 Å². The third-order valence-corrected chi connectivity index (χ3v) is 12.5. The zero-order valence-corrected chi connectivity index (χ0v) is 26.6. The van der Waals surface area contributed by atoms with Crippen LogP contribution in [0.1, 0.15) is 68.4 Å². The Balaban J connectivity index is 0.00000343. The largest absolute Gasteiger partial charge is 0.490 e. The highest BCUT2D eigenvalue weighted by Gasteiger charge is 2.46. The molecule has 43 heavy (non-hydrogen) atoms. The first-order valence-corrected chi connectivity index (χ1v) is 17.8. The van der Waals surface area contributed by atoms with E-state index in [1.54, 1.807) is 6.07 Å². The van der Waals surface area contributed by atoms with E-state index in [1.807, 2.05) is 32.2 Å². The number of fused-ring (bicyclic) bond motifs is 6. The van der Waals surface area contributed by atoms with Crippen molar-refractivity contribution in [1.29, 1.82) is 0 Å². The van der Waals surface area contributed by atoms with Crippen LogP contribution in [0.5, 0.6) is 5.75 Å². The molecule has 3 aliphatic heterocycles. The minimum Gasteiger partial charge on any atom is -0.490 e. The van der Waals surface area contributed by atoms with Crippen molar-refractivity contribution in [1.82, 2.24) is 4.72 Å². The van der Waals surface area contributed by atoms with Crippen LogP contribution in [-0.4, -0.2) is 53.0 Å². The van der Waals surface area contributed by atoms with Gasteiger partial charge in [-0.1, -0.05) is 37.1 Å². The van der Waals surface area contributed by atoms with Crippen LogP contribution in [-0.2, 0) is 26.6 Å². The fourth-order valence-electron chi connectivity index (χ4n) is 8.45. The predicted octanol–water partition coefficient (Wildman–Crippen LogP) is 6.15. The second kappa shape index (κ2) is 11.1. The number of carbonyl (C=O) groups excluding carboxylic acids is 1. The molecule has 232 valence electrons. The number of nitrogens with zero attached hydrogens (tertiary/aromatic N) is 1. The van der Waals surface area contributed by atoms with Crippen LogP contribution in [0.4, 0.5) is 5.69 Å². The highest BCUT2D eigenvalue weighted by molar-refractivity contribution is 7.90. The Hall–Kier alpha value is -2.55. The molecule has 0 radical (unpaired) electrons. The molecule has 0 saturated heterocycles. The van der Waals surface area contributed by atoms with Crippen molar-refractivity contribution in [3.8, 4) is 5.75 Å². The summed E-state index contributed by atoms with van der Waals surface area (Å²) in [5.41, 5.74) is 4.83. The molecular weight excluding hydrogens is 584 g/mol. The maximum absolute atomic E-state index is 13.4. The lowest BCUT2D eigenvalue weighted by atomic mass is 9.64. The molecule has 9 heteroatoms. The Kier molecular flexibility index (Phi) is 7.54. The van der Waals surface area contributed by atoms with Crippen molar-refractivity contribution in [2.75, 3.05) is 37.5 Å². The Morgan fingerprint density at radius 3 is 2.79 bits per heavy atom. The first-order valence-electron chi connectivity index (χ1n) is 15.8. The minimum atomic E-state index is -3.82. The molecule has 0 aromatic heterocycles. The van der Waals surface area contributed by atoms with Crippen molar-refractivity contribution in [3.05, 3.63) is 69.8 Å². The number of hydrogen-bond acceptors (Lipinski definition) is 6. The number of ether oxygens (including phenoxy) is 2. The van der Waals surface area contributed by atoms with Gasteiger partial charge in [-0.3, -0.25) is 4.79 Å². The number of amides is 1. The van der Waals surface area contributed by atoms with Gasteiger partial charge in [0, 0.05) is 37.6 Å². The van der Waals surface area contributed by atoms with Gasteiger partial charge in [0.15, 0.2) is 0 Å². The smallest absolute Gasteiger partial charge is 0.264 e. The van der Waals surface area contributed by atoms with Crippen molar-refractivity contribution < 1.29 is 24.1 Å². The van der Waals surface area contributed by atoms with Crippen LogP contribution in [0.3, 0.4) is 0 Å². The van der Waals surface area contributed by atoms with E-state index in [-0.39, 0.29) is 30.5 Å². The monoisotopic (exact) mass is 626 g/mol. The van der Waals surface area contributed by atoms with Gasteiger partial charge in [0.1, 0.15) is 5.75 Å². The molecule has 8 rings (SSSR count). The minimum absolute atomic E-state index is 0. The van der Waals surface area contributed by atoms with E-state index in [4.69, 9.17) is 21.1 Å². The summed E-state index contributed by atoms with van der Waals surface area (Å²) < 4.78 is 41.5. The second-order valence-corrected chi connectivity index (χ2v) is 15.6. The fraction of sp³-hybridized carbons (Fsp3) is 0.559. The van der Waals surface area contributed by atoms with Gasteiger partial charge in [0.2, 0.25) is 10.0 Å². The number of sulfonamides is 1. The van der Waals surface area contributed by atoms with Gasteiger partial charge in [-0.15, -0.1) is 0 Å². The number of allylic oxidation sites excluding steroid dienone is 1. The molecular formula is C34H43ClN2O5S. The van der Waals surface area contributed by atoms with E-state index in [0.717, 1.165) is 74.5 Å². The van der Waals surface area contributed by atoms with Gasteiger partial charge in [0.25, 0.3) is 5.91 Å². The summed E-state index contributed by atoms with van der Waals surface area (Å²) in [6, 6.07) is 11.6. The van der Waals surface area contributed by atoms with Crippen LogP contribution in [0.2, 0.25) is 5.02 Å². The molecule has 4 bridgehead atoms. The number of hydrogen-bond donors (Lipinski definition) is 1. The lowest BCUT2D eigenvalue weighted by Gasteiger charge is -2.48. The van der Waals surface area contributed by atoms with E-state index < -0.39 is 15.9 Å². The van der Waals surface area contributed by atoms with E-state index in [2.05, 4.69) is 27.8 Å². The summed E-state index contributed by atoms with van der Waals surface area (Å²) in [7, 11) is -2.01. The highest BCUT2D eigenvalue weighted by Crippen LogP contribution is 2.49. The molecule has 2 aromatic rings. The molecule has 1 saturated carbocycles. The average Bonchev–Trinajstić information content (AvgIpc) is 3.09. The summed E-state index contributed by atoms with van der Waals surface area (Å²) in [5.74, 6) is 1.05. The number of methoxy groups -OCH3 is 1. The highest BCUT2D eigenvalue weighted by atomic mass is 35.5. The van der Waals surface area contributed by atoms with Gasteiger partial charge in [0.05, 0.1) is 24.2 Å². The molecule has 6 aliphatic rings. The van der Waals surface area contributed by atoms with Gasteiger partial charge in [-0.2, -0.15) is 0 Å². The van der Waals surface area contributed by atoms with Gasteiger partial charge in [-0.05, 0) is 109 Å². The fourth-order valence-corrected chi connectivity index (χ4v) is 10.2. The molecule has 3 aliphatic carbocycles. The zero-order valence-electron chi connectivity index (χ0n) is 25.0. The predicted molar refractivity (Wildman–Crippen MR) is 171 cm³/mol. The Bertz CT molecular complexity index is 1580. The lowest BCUT2D eigenvalue weighted by molar-refractivity contribution is -0.000490. The number of halogens is 1. The molecule has 1 unspecified atom stereocenters. The first-order chi connectivity index (χ1) is 20.7. The van der Waals surface area contributed by atoms with E-state index in [9.17, 15) is 13.2 Å². The molecule has 1 fully saturated rings. The molecule has 1 N–H and O–H groups in total. The van der Waals surface area contributed by atoms with E-state index in [1.165, 1.54) is 16.7 Å². The molecule has 2 aromatic carbocycles. The number of aryl methyl sites for hydroxylation is 1. The summed E-state index contributed by atoms with van der Waals surface area (Å²) in [5, 5.41) is 0.755. The molecule has 6 atom stereocenters. The van der Waals surface area contributed by atoms with Crippen LogP contribution in [0.15, 0.2) is 48.0 Å². The number of nitrogens with one attached hydrogen (secondary N) is 1. The van der Waals surface area contributed by atoms with Crippen LogP contribution >= 0.6 is 11.6 Å². The Labute approximate surface area is 261 Å². The van der Waals surface area contributed by atoms with Crippen molar-refractivity contribution >= 4 is 33.2 Å². The van der Waals surface area contributed by atoms with Crippen LogP contribution in [0, 0.1) is 23.7 Å². The maximum atomic E-state index is 13.4. The molecule has 3 heterocycles. The SMILES string of the molecule is CC[C@@H]1CS(=O)(=O)NC(=O)c2ccc3c(c2)N(C[C@@H]2CC[C@H]2[C@@H](OC)C2=CC1C2)C[C@@]1(CCCc2cc(Cl)ccc21)CO3.[HH]. The average molecular weight is 627 g/mol. The molecule has 1 spiro atoms. The lowest BCUT2D eigenvalue weighted by Crippen LogP contribution is -2.50. The third kappa shape index (κ3) is 5.27. The summed E-state index contributed by atoms with van der Waals surface area (Å²) in [6.07, 6.45) is 9.18. The quantitative estimate of drug-likeness (QED) is 0.403. The van der Waals surface area contributed by atoms with Crippen molar-refractivity contribution in [2.45, 2.75) is 63.4 Å². The summed E-state index contributed by atoms with van der Waals surface area (Å²) in [6.45, 7) is 4.13. The summed E-state index contributed by atoms with van der Waals surface area (Å²) in [4.78, 5) is 15.8. The number of rotatable bonds is 2.